The lowest BCUT2D eigenvalue weighted by atomic mass is 10.1. The van der Waals surface area contributed by atoms with Gasteiger partial charge in [-0.05, 0) is 55.3 Å². The second-order valence-electron chi connectivity index (χ2n) is 6.72. The van der Waals surface area contributed by atoms with Crippen molar-refractivity contribution < 1.29 is 14.4 Å². The van der Waals surface area contributed by atoms with Gasteiger partial charge in [0.15, 0.2) is 0 Å². The van der Waals surface area contributed by atoms with E-state index in [1.807, 2.05) is 19.1 Å². The first kappa shape index (κ1) is 19.9. The number of nitrogens with one attached hydrogen (secondary N) is 2. The first-order valence-electron chi connectivity index (χ1n) is 9.17. The summed E-state index contributed by atoms with van der Waals surface area (Å²) in [5.74, 6) is -0.521. The summed E-state index contributed by atoms with van der Waals surface area (Å²) in [7, 11) is 0. The number of carbonyl (C=O) groups excluding carboxylic acids is 3. The molecule has 0 aliphatic carbocycles. The normalized spacial score (nSPS) is 14.6. The highest BCUT2D eigenvalue weighted by molar-refractivity contribution is 6.30. The van der Waals surface area contributed by atoms with E-state index in [9.17, 15) is 14.4 Å². The summed E-state index contributed by atoms with van der Waals surface area (Å²) < 4.78 is 0. The number of rotatable bonds is 6. The number of amides is 3. The van der Waals surface area contributed by atoms with E-state index >= 15 is 0 Å². The molecule has 0 aromatic heterocycles. The fraction of sp³-hybridized carbons (Fsp3) is 0.286. The summed E-state index contributed by atoms with van der Waals surface area (Å²) in [5, 5.41) is 6.08. The smallest absolute Gasteiger partial charge is 0.251 e. The summed E-state index contributed by atoms with van der Waals surface area (Å²) in [4.78, 5) is 37.8. The minimum Gasteiger partial charge on any atom is -0.348 e. The van der Waals surface area contributed by atoms with Crippen LogP contribution in [0, 0.1) is 0 Å². The van der Waals surface area contributed by atoms with Crippen molar-refractivity contribution in [1.29, 1.82) is 0 Å². The van der Waals surface area contributed by atoms with Crippen LogP contribution in [0.25, 0.3) is 0 Å². The van der Waals surface area contributed by atoms with Gasteiger partial charge in [0.25, 0.3) is 5.91 Å². The van der Waals surface area contributed by atoms with E-state index in [1.165, 1.54) is 0 Å². The van der Waals surface area contributed by atoms with E-state index in [4.69, 9.17) is 11.6 Å². The maximum Gasteiger partial charge on any atom is 0.251 e. The van der Waals surface area contributed by atoms with Crippen LogP contribution in [0.3, 0.4) is 0 Å². The van der Waals surface area contributed by atoms with Crippen molar-refractivity contribution in [2.24, 2.45) is 0 Å². The van der Waals surface area contributed by atoms with Gasteiger partial charge in [-0.15, -0.1) is 0 Å². The Bertz CT molecular complexity index is 865. The van der Waals surface area contributed by atoms with Crippen LogP contribution in [0.2, 0.25) is 5.02 Å². The summed E-state index contributed by atoms with van der Waals surface area (Å²) in [6.07, 6.45) is 1.41. The molecular weight excluding hydrogens is 378 g/mol. The van der Waals surface area contributed by atoms with Crippen molar-refractivity contribution in [2.75, 3.05) is 18.0 Å². The second kappa shape index (κ2) is 8.89. The highest BCUT2D eigenvalue weighted by atomic mass is 35.5. The van der Waals surface area contributed by atoms with Crippen molar-refractivity contribution >= 4 is 35.0 Å². The molecule has 1 heterocycles. The maximum absolute atomic E-state index is 12.3. The third kappa shape index (κ3) is 4.89. The lowest BCUT2D eigenvalue weighted by Crippen LogP contribution is -2.38. The average molecular weight is 400 g/mol. The largest absolute Gasteiger partial charge is 0.348 e. The molecule has 1 aliphatic heterocycles. The van der Waals surface area contributed by atoms with Crippen LogP contribution in [-0.4, -0.2) is 30.8 Å². The Labute approximate surface area is 168 Å². The lowest BCUT2D eigenvalue weighted by molar-refractivity contribution is -0.120. The Balaban J connectivity index is 1.49. The van der Waals surface area contributed by atoms with E-state index in [0.717, 1.165) is 17.7 Å². The standard InChI is InChI=1S/C21H22ClN3O3/c1-14(15-4-8-17(22)9-5-15)24-19(26)13-23-21(28)16-6-10-18(11-7-16)25-12-2-3-20(25)27/h4-11,14H,2-3,12-13H2,1H3,(H,23,28)(H,24,26)/t14-/m1/s1. The molecular formula is C21H22ClN3O3. The van der Waals surface area contributed by atoms with Gasteiger partial charge >= 0.3 is 0 Å². The quantitative estimate of drug-likeness (QED) is 0.783. The molecule has 2 aromatic carbocycles. The van der Waals surface area contributed by atoms with Crippen LogP contribution in [0.15, 0.2) is 48.5 Å². The fourth-order valence-corrected chi connectivity index (χ4v) is 3.23. The van der Waals surface area contributed by atoms with Crippen LogP contribution in [-0.2, 0) is 9.59 Å². The van der Waals surface area contributed by atoms with Crippen LogP contribution in [0.1, 0.15) is 41.7 Å². The number of carbonyl (C=O) groups is 3. The van der Waals surface area contributed by atoms with Crippen LogP contribution in [0.5, 0.6) is 0 Å². The van der Waals surface area contributed by atoms with E-state index in [2.05, 4.69) is 10.6 Å². The molecule has 2 N–H and O–H groups in total. The zero-order chi connectivity index (χ0) is 20.1. The molecule has 1 saturated heterocycles. The zero-order valence-corrected chi connectivity index (χ0v) is 16.3. The zero-order valence-electron chi connectivity index (χ0n) is 15.6. The Hall–Kier alpha value is -2.86. The monoisotopic (exact) mass is 399 g/mol. The maximum atomic E-state index is 12.3. The van der Waals surface area contributed by atoms with Gasteiger partial charge in [-0.3, -0.25) is 14.4 Å². The number of anilines is 1. The number of benzene rings is 2. The van der Waals surface area contributed by atoms with E-state index in [-0.39, 0.29) is 30.3 Å². The van der Waals surface area contributed by atoms with Crippen molar-refractivity contribution in [3.8, 4) is 0 Å². The number of halogens is 1. The van der Waals surface area contributed by atoms with Crippen LogP contribution < -0.4 is 15.5 Å². The Morgan fingerprint density at radius 1 is 1.11 bits per heavy atom. The molecule has 0 unspecified atom stereocenters. The number of nitrogens with zero attached hydrogens (tertiary/aromatic N) is 1. The Morgan fingerprint density at radius 2 is 1.79 bits per heavy atom. The molecule has 1 atom stereocenters. The van der Waals surface area contributed by atoms with Crippen LogP contribution in [0.4, 0.5) is 5.69 Å². The molecule has 28 heavy (non-hydrogen) atoms. The topological polar surface area (TPSA) is 78.5 Å². The molecule has 6 nitrogen and oxygen atoms in total. The van der Waals surface area contributed by atoms with Crippen molar-refractivity contribution in [2.45, 2.75) is 25.8 Å². The highest BCUT2D eigenvalue weighted by Crippen LogP contribution is 2.21. The van der Waals surface area contributed by atoms with Gasteiger partial charge in [-0.1, -0.05) is 23.7 Å². The second-order valence-corrected chi connectivity index (χ2v) is 7.16. The SMILES string of the molecule is C[C@@H](NC(=O)CNC(=O)c1ccc(N2CCCC2=O)cc1)c1ccc(Cl)cc1. The van der Waals surface area contributed by atoms with Gasteiger partial charge in [-0.25, -0.2) is 0 Å². The Kier molecular flexibility index (Phi) is 6.31. The van der Waals surface area contributed by atoms with Gasteiger partial charge in [-0.2, -0.15) is 0 Å². The first-order valence-corrected chi connectivity index (χ1v) is 9.55. The molecule has 7 heteroatoms. The molecule has 3 rings (SSSR count). The molecule has 1 fully saturated rings. The molecule has 0 radical (unpaired) electrons. The predicted molar refractivity (Wildman–Crippen MR) is 108 cm³/mol. The minimum absolute atomic E-state index is 0.101. The molecule has 1 aliphatic rings. The summed E-state index contributed by atoms with van der Waals surface area (Å²) in [6, 6.07) is 13.8. The van der Waals surface area contributed by atoms with Gasteiger partial charge < -0.3 is 15.5 Å². The average Bonchev–Trinajstić information content (AvgIpc) is 3.12. The summed E-state index contributed by atoms with van der Waals surface area (Å²) >= 11 is 5.86. The third-order valence-corrected chi connectivity index (χ3v) is 4.92. The van der Waals surface area contributed by atoms with E-state index in [1.54, 1.807) is 41.3 Å². The summed E-state index contributed by atoms with van der Waals surface area (Å²) in [6.45, 7) is 2.45. The van der Waals surface area contributed by atoms with E-state index in [0.29, 0.717) is 23.6 Å². The molecule has 2 aromatic rings. The Morgan fingerprint density at radius 3 is 2.39 bits per heavy atom. The molecule has 3 amide bonds. The van der Waals surface area contributed by atoms with Crippen molar-refractivity contribution in [1.82, 2.24) is 10.6 Å². The molecule has 0 saturated carbocycles. The van der Waals surface area contributed by atoms with Crippen LogP contribution >= 0.6 is 11.6 Å². The van der Waals surface area contributed by atoms with Gasteiger partial charge in [0.1, 0.15) is 0 Å². The number of hydrogen-bond acceptors (Lipinski definition) is 3. The first-order chi connectivity index (χ1) is 13.4. The van der Waals surface area contributed by atoms with Crippen molar-refractivity contribution in [3.05, 3.63) is 64.7 Å². The summed E-state index contributed by atoms with van der Waals surface area (Å²) in [5.41, 5.74) is 2.15. The molecule has 0 spiro atoms. The van der Waals surface area contributed by atoms with Crippen molar-refractivity contribution in [3.63, 3.8) is 0 Å². The van der Waals surface area contributed by atoms with E-state index < -0.39 is 0 Å². The minimum atomic E-state index is -0.339. The molecule has 0 bridgehead atoms. The van der Waals surface area contributed by atoms with Gasteiger partial charge in [0.05, 0.1) is 12.6 Å². The van der Waals surface area contributed by atoms with Gasteiger partial charge in [0.2, 0.25) is 11.8 Å². The lowest BCUT2D eigenvalue weighted by Gasteiger charge is -2.16. The third-order valence-electron chi connectivity index (χ3n) is 4.67. The highest BCUT2D eigenvalue weighted by Gasteiger charge is 2.21. The molecule has 146 valence electrons. The van der Waals surface area contributed by atoms with Gasteiger partial charge in [0, 0.05) is 29.2 Å². The fourth-order valence-electron chi connectivity index (χ4n) is 3.10. The predicted octanol–water partition coefficient (Wildman–Crippen LogP) is 3.07. The number of hydrogen-bond donors (Lipinski definition) is 2.